The monoisotopic (exact) mass is 246 g/mol. The standard InChI is InChI=1S/C13H18N4O/c1-10(18)11-2-4-12(5-3-11)16-6-8-17(9-7-16)13(14)15/h2-5H,6-9H2,1H3,(H3,14,15). The molecule has 0 bridgehead atoms. The second-order valence-corrected chi connectivity index (χ2v) is 4.46. The van der Waals surface area contributed by atoms with Gasteiger partial charge in [0, 0.05) is 37.4 Å². The Hall–Kier alpha value is -2.04. The lowest BCUT2D eigenvalue weighted by Gasteiger charge is -2.36. The molecule has 0 atom stereocenters. The fourth-order valence-corrected chi connectivity index (χ4v) is 2.11. The van der Waals surface area contributed by atoms with E-state index in [1.165, 1.54) is 0 Å². The summed E-state index contributed by atoms with van der Waals surface area (Å²) in [4.78, 5) is 15.3. The highest BCUT2D eigenvalue weighted by Crippen LogP contribution is 2.17. The molecule has 0 amide bonds. The van der Waals surface area contributed by atoms with Crippen LogP contribution in [-0.4, -0.2) is 42.8 Å². The molecule has 0 radical (unpaired) electrons. The summed E-state index contributed by atoms with van der Waals surface area (Å²) in [6.45, 7) is 4.80. The van der Waals surface area contributed by atoms with Crippen LogP contribution in [0.4, 0.5) is 5.69 Å². The van der Waals surface area contributed by atoms with Crippen LogP contribution in [0, 0.1) is 5.41 Å². The van der Waals surface area contributed by atoms with E-state index in [2.05, 4.69) is 4.90 Å². The van der Waals surface area contributed by atoms with Crippen LogP contribution in [0.5, 0.6) is 0 Å². The van der Waals surface area contributed by atoms with Crippen LogP contribution in [0.2, 0.25) is 0 Å². The van der Waals surface area contributed by atoms with Crippen molar-refractivity contribution < 1.29 is 4.79 Å². The second-order valence-electron chi connectivity index (χ2n) is 4.46. The molecular formula is C13H18N4O. The van der Waals surface area contributed by atoms with E-state index < -0.39 is 0 Å². The van der Waals surface area contributed by atoms with Crippen molar-refractivity contribution in [2.75, 3.05) is 31.1 Å². The molecule has 1 aromatic rings. The Morgan fingerprint density at radius 3 is 2.17 bits per heavy atom. The Bertz CT molecular complexity index is 447. The highest BCUT2D eigenvalue weighted by Gasteiger charge is 2.17. The molecule has 1 aliphatic rings. The fourth-order valence-electron chi connectivity index (χ4n) is 2.11. The Morgan fingerprint density at radius 1 is 1.17 bits per heavy atom. The van der Waals surface area contributed by atoms with Gasteiger partial charge in [0.1, 0.15) is 0 Å². The van der Waals surface area contributed by atoms with Crippen molar-refractivity contribution in [3.8, 4) is 0 Å². The summed E-state index contributed by atoms with van der Waals surface area (Å²) >= 11 is 0. The SMILES string of the molecule is CC(=O)c1ccc(N2CCN(C(=N)N)CC2)cc1. The van der Waals surface area contributed by atoms with Gasteiger partial charge in [-0.25, -0.2) is 0 Å². The van der Waals surface area contributed by atoms with Crippen LogP contribution >= 0.6 is 0 Å². The first-order valence-electron chi connectivity index (χ1n) is 6.03. The number of piperazine rings is 1. The third kappa shape index (κ3) is 2.61. The Balaban J connectivity index is 2.01. The van der Waals surface area contributed by atoms with Crippen LogP contribution in [0.15, 0.2) is 24.3 Å². The van der Waals surface area contributed by atoms with Crippen molar-refractivity contribution in [1.29, 1.82) is 5.41 Å². The van der Waals surface area contributed by atoms with E-state index in [0.717, 1.165) is 37.4 Å². The maximum absolute atomic E-state index is 11.2. The van der Waals surface area contributed by atoms with Crippen molar-refractivity contribution in [2.45, 2.75) is 6.92 Å². The number of Topliss-reactive ketones (excluding diaryl/α,β-unsaturated/α-hetero) is 1. The van der Waals surface area contributed by atoms with Gasteiger partial charge < -0.3 is 15.5 Å². The third-order valence-corrected chi connectivity index (χ3v) is 3.26. The average molecular weight is 246 g/mol. The lowest BCUT2D eigenvalue weighted by Crippen LogP contribution is -2.50. The molecule has 96 valence electrons. The van der Waals surface area contributed by atoms with Crippen LogP contribution < -0.4 is 10.6 Å². The minimum Gasteiger partial charge on any atom is -0.370 e. The summed E-state index contributed by atoms with van der Waals surface area (Å²) in [5.74, 6) is 0.226. The summed E-state index contributed by atoms with van der Waals surface area (Å²) in [6.07, 6.45) is 0. The average Bonchev–Trinajstić information content (AvgIpc) is 2.39. The first-order valence-corrected chi connectivity index (χ1v) is 6.03. The summed E-state index contributed by atoms with van der Waals surface area (Å²) in [5.41, 5.74) is 7.31. The first kappa shape index (κ1) is 12.4. The zero-order valence-electron chi connectivity index (χ0n) is 10.5. The maximum Gasteiger partial charge on any atom is 0.188 e. The topological polar surface area (TPSA) is 73.4 Å². The molecule has 1 aliphatic heterocycles. The largest absolute Gasteiger partial charge is 0.370 e. The third-order valence-electron chi connectivity index (χ3n) is 3.26. The molecule has 1 saturated heterocycles. The van der Waals surface area contributed by atoms with E-state index in [1.807, 2.05) is 29.2 Å². The molecule has 0 unspecified atom stereocenters. The van der Waals surface area contributed by atoms with E-state index in [9.17, 15) is 4.79 Å². The smallest absolute Gasteiger partial charge is 0.188 e. The summed E-state index contributed by atoms with van der Waals surface area (Å²) < 4.78 is 0. The van der Waals surface area contributed by atoms with Crippen molar-refractivity contribution in [2.24, 2.45) is 5.73 Å². The molecule has 0 saturated carbocycles. The zero-order valence-corrected chi connectivity index (χ0v) is 10.5. The molecule has 5 heteroatoms. The molecule has 5 nitrogen and oxygen atoms in total. The molecule has 1 fully saturated rings. The lowest BCUT2D eigenvalue weighted by atomic mass is 10.1. The van der Waals surface area contributed by atoms with Crippen molar-refractivity contribution >= 4 is 17.4 Å². The Kier molecular flexibility index (Phi) is 3.50. The van der Waals surface area contributed by atoms with Crippen LogP contribution in [0.1, 0.15) is 17.3 Å². The number of nitrogens with one attached hydrogen (secondary N) is 1. The Labute approximate surface area is 107 Å². The number of hydrogen-bond acceptors (Lipinski definition) is 3. The van der Waals surface area contributed by atoms with Crippen molar-refractivity contribution in [1.82, 2.24) is 4.90 Å². The summed E-state index contributed by atoms with van der Waals surface area (Å²) in [6, 6.07) is 7.66. The van der Waals surface area contributed by atoms with Gasteiger partial charge in [0.05, 0.1) is 0 Å². The molecule has 2 rings (SSSR count). The number of carbonyl (C=O) groups excluding carboxylic acids is 1. The van der Waals surface area contributed by atoms with E-state index in [-0.39, 0.29) is 11.7 Å². The van der Waals surface area contributed by atoms with E-state index in [0.29, 0.717) is 0 Å². The maximum atomic E-state index is 11.2. The number of nitrogens with two attached hydrogens (primary N) is 1. The molecule has 18 heavy (non-hydrogen) atoms. The molecule has 0 spiro atoms. The molecule has 1 heterocycles. The van der Waals surface area contributed by atoms with Crippen molar-refractivity contribution in [3.63, 3.8) is 0 Å². The summed E-state index contributed by atoms with van der Waals surface area (Å²) in [5, 5.41) is 7.38. The van der Waals surface area contributed by atoms with Crippen LogP contribution in [-0.2, 0) is 0 Å². The van der Waals surface area contributed by atoms with E-state index in [1.54, 1.807) is 6.92 Å². The van der Waals surface area contributed by atoms with Gasteiger partial charge in [0.15, 0.2) is 11.7 Å². The number of carbonyl (C=O) groups is 1. The van der Waals surface area contributed by atoms with Gasteiger partial charge in [-0.3, -0.25) is 10.2 Å². The number of nitrogens with zero attached hydrogens (tertiary/aromatic N) is 2. The van der Waals surface area contributed by atoms with Gasteiger partial charge in [-0.05, 0) is 31.2 Å². The highest BCUT2D eigenvalue weighted by atomic mass is 16.1. The van der Waals surface area contributed by atoms with Gasteiger partial charge in [0.25, 0.3) is 0 Å². The number of hydrogen-bond donors (Lipinski definition) is 2. The number of ketones is 1. The fraction of sp³-hybridized carbons (Fsp3) is 0.385. The predicted octanol–water partition coefficient (Wildman–Crippen LogP) is 0.905. The number of guanidine groups is 1. The molecule has 3 N–H and O–H groups in total. The van der Waals surface area contributed by atoms with Crippen molar-refractivity contribution in [3.05, 3.63) is 29.8 Å². The van der Waals surface area contributed by atoms with Gasteiger partial charge in [-0.1, -0.05) is 0 Å². The molecule has 0 aliphatic carbocycles. The normalized spacial score (nSPS) is 15.6. The quantitative estimate of drug-likeness (QED) is 0.462. The lowest BCUT2D eigenvalue weighted by molar-refractivity contribution is 0.101. The number of benzene rings is 1. The van der Waals surface area contributed by atoms with Gasteiger partial charge in [-0.15, -0.1) is 0 Å². The number of rotatable bonds is 2. The summed E-state index contributed by atoms with van der Waals surface area (Å²) in [7, 11) is 0. The highest BCUT2D eigenvalue weighted by molar-refractivity contribution is 5.94. The molecule has 1 aromatic carbocycles. The minimum absolute atomic E-state index is 0.0861. The zero-order chi connectivity index (χ0) is 13.1. The number of anilines is 1. The van der Waals surface area contributed by atoms with E-state index >= 15 is 0 Å². The van der Waals surface area contributed by atoms with Gasteiger partial charge in [-0.2, -0.15) is 0 Å². The molecule has 0 aromatic heterocycles. The second kappa shape index (κ2) is 5.08. The first-order chi connectivity index (χ1) is 8.58. The van der Waals surface area contributed by atoms with Gasteiger partial charge in [0.2, 0.25) is 0 Å². The predicted molar refractivity (Wildman–Crippen MR) is 72.1 cm³/mol. The van der Waals surface area contributed by atoms with Crippen LogP contribution in [0.3, 0.4) is 0 Å². The van der Waals surface area contributed by atoms with Gasteiger partial charge >= 0.3 is 0 Å². The minimum atomic E-state index is 0.0861. The Morgan fingerprint density at radius 2 is 1.72 bits per heavy atom. The van der Waals surface area contributed by atoms with Crippen LogP contribution in [0.25, 0.3) is 0 Å². The molecular weight excluding hydrogens is 228 g/mol. The van der Waals surface area contributed by atoms with E-state index in [4.69, 9.17) is 11.1 Å².